The first-order valence-electron chi connectivity index (χ1n) is 11.6. The summed E-state index contributed by atoms with van der Waals surface area (Å²) >= 11 is 0. The van der Waals surface area contributed by atoms with E-state index < -0.39 is 0 Å². The predicted octanol–water partition coefficient (Wildman–Crippen LogP) is 4.19. The third kappa shape index (κ3) is 4.85. The van der Waals surface area contributed by atoms with E-state index in [2.05, 4.69) is 57.6 Å². The highest BCUT2D eigenvalue weighted by Gasteiger charge is 2.16. The van der Waals surface area contributed by atoms with Gasteiger partial charge in [-0.15, -0.1) is 0 Å². The van der Waals surface area contributed by atoms with Crippen molar-refractivity contribution in [3.63, 3.8) is 0 Å². The Labute approximate surface area is 199 Å². The Bertz CT molecular complexity index is 1320. The molecule has 1 amide bonds. The summed E-state index contributed by atoms with van der Waals surface area (Å²) in [7, 11) is 0. The van der Waals surface area contributed by atoms with Gasteiger partial charge in [0, 0.05) is 36.9 Å². The van der Waals surface area contributed by atoms with Gasteiger partial charge in [0.1, 0.15) is 6.54 Å². The number of hydrogen-bond donors (Lipinski definition) is 1. The van der Waals surface area contributed by atoms with Crippen molar-refractivity contribution in [1.29, 1.82) is 0 Å². The minimum Gasteiger partial charge on any atom is -0.379 e. The molecule has 1 aliphatic heterocycles. The van der Waals surface area contributed by atoms with E-state index >= 15 is 0 Å². The molecule has 0 bridgehead atoms. The number of ether oxygens (including phenoxy) is 1. The van der Waals surface area contributed by atoms with Gasteiger partial charge in [-0.3, -0.25) is 9.69 Å². The van der Waals surface area contributed by atoms with Crippen molar-refractivity contribution < 1.29 is 9.53 Å². The number of pyridine rings is 1. The highest BCUT2D eigenvalue weighted by Crippen LogP contribution is 2.30. The van der Waals surface area contributed by atoms with Crippen LogP contribution in [0.15, 0.2) is 60.8 Å². The average molecular weight is 456 g/mol. The van der Waals surface area contributed by atoms with Gasteiger partial charge in [0.15, 0.2) is 5.65 Å². The summed E-state index contributed by atoms with van der Waals surface area (Å²) in [5.41, 5.74) is 6.93. The van der Waals surface area contributed by atoms with Crippen LogP contribution in [-0.2, 0) is 22.6 Å². The average Bonchev–Trinajstić information content (AvgIpc) is 3.15. The zero-order chi connectivity index (χ0) is 23.5. The second-order valence-corrected chi connectivity index (χ2v) is 8.81. The largest absolute Gasteiger partial charge is 0.379 e. The predicted molar refractivity (Wildman–Crippen MR) is 134 cm³/mol. The Morgan fingerprint density at radius 3 is 2.71 bits per heavy atom. The first kappa shape index (κ1) is 22.3. The van der Waals surface area contributed by atoms with Crippen LogP contribution in [0, 0.1) is 13.8 Å². The van der Waals surface area contributed by atoms with Crippen LogP contribution in [-0.4, -0.2) is 51.9 Å². The number of carbonyl (C=O) groups is 1. The van der Waals surface area contributed by atoms with Gasteiger partial charge in [0.2, 0.25) is 5.91 Å². The minimum absolute atomic E-state index is 0.0995. The molecule has 4 aromatic rings. The highest BCUT2D eigenvalue weighted by atomic mass is 16.5. The van der Waals surface area contributed by atoms with E-state index in [1.807, 2.05) is 31.2 Å². The Balaban J connectivity index is 1.33. The molecule has 1 aliphatic rings. The number of aryl methyl sites for hydroxylation is 2. The second-order valence-electron chi connectivity index (χ2n) is 8.81. The van der Waals surface area contributed by atoms with Gasteiger partial charge in [-0.2, -0.15) is 5.10 Å². The van der Waals surface area contributed by atoms with Gasteiger partial charge in [0.25, 0.3) is 0 Å². The van der Waals surface area contributed by atoms with Crippen molar-refractivity contribution in [3.8, 4) is 11.1 Å². The number of nitrogens with zero attached hydrogens (tertiary/aromatic N) is 4. The standard InChI is InChI=1S/C27H29N5O2/c1-19-5-3-7-22(15-19)24-9-10-28-27-26(24)20(2)30-32(27)18-25(33)29-23-8-4-6-21(16-23)17-31-11-13-34-14-12-31/h3-10,15-16H,11-14,17-18H2,1-2H3,(H,29,33). The summed E-state index contributed by atoms with van der Waals surface area (Å²) in [5, 5.41) is 8.65. The first-order valence-corrected chi connectivity index (χ1v) is 11.6. The van der Waals surface area contributed by atoms with E-state index in [0.29, 0.717) is 5.65 Å². The van der Waals surface area contributed by atoms with E-state index in [-0.39, 0.29) is 12.5 Å². The lowest BCUT2D eigenvalue weighted by atomic mass is 10.0. The lowest BCUT2D eigenvalue weighted by Crippen LogP contribution is -2.35. The van der Waals surface area contributed by atoms with Crippen LogP contribution in [0.3, 0.4) is 0 Å². The van der Waals surface area contributed by atoms with E-state index in [1.165, 1.54) is 11.1 Å². The Morgan fingerprint density at radius 1 is 1.06 bits per heavy atom. The van der Waals surface area contributed by atoms with Gasteiger partial charge in [-0.1, -0.05) is 42.0 Å². The minimum atomic E-state index is -0.129. The fraction of sp³-hybridized carbons (Fsp3) is 0.296. The van der Waals surface area contributed by atoms with Crippen molar-refractivity contribution in [2.45, 2.75) is 26.9 Å². The molecular weight excluding hydrogens is 426 g/mol. The topological polar surface area (TPSA) is 72.3 Å². The molecule has 174 valence electrons. The Morgan fingerprint density at radius 2 is 1.88 bits per heavy atom. The zero-order valence-corrected chi connectivity index (χ0v) is 19.6. The summed E-state index contributed by atoms with van der Waals surface area (Å²) in [6.45, 7) is 8.40. The van der Waals surface area contributed by atoms with Crippen LogP contribution in [0.4, 0.5) is 5.69 Å². The van der Waals surface area contributed by atoms with Crippen molar-refractivity contribution in [1.82, 2.24) is 19.7 Å². The smallest absolute Gasteiger partial charge is 0.246 e. The number of carbonyl (C=O) groups excluding carboxylic acids is 1. The van der Waals surface area contributed by atoms with Crippen LogP contribution in [0.25, 0.3) is 22.2 Å². The quantitative estimate of drug-likeness (QED) is 0.472. The second kappa shape index (κ2) is 9.75. The maximum atomic E-state index is 12.9. The molecule has 0 saturated carbocycles. The van der Waals surface area contributed by atoms with Crippen molar-refractivity contribution >= 4 is 22.6 Å². The first-order chi connectivity index (χ1) is 16.6. The number of amides is 1. The zero-order valence-electron chi connectivity index (χ0n) is 19.6. The Hall–Kier alpha value is -3.55. The normalized spacial score (nSPS) is 14.4. The monoisotopic (exact) mass is 455 g/mol. The summed E-state index contributed by atoms with van der Waals surface area (Å²) < 4.78 is 7.12. The number of rotatable bonds is 6. The molecule has 1 saturated heterocycles. The molecule has 0 spiro atoms. The maximum absolute atomic E-state index is 12.9. The van der Waals surface area contributed by atoms with E-state index in [9.17, 15) is 4.79 Å². The molecule has 1 fully saturated rings. The molecule has 0 unspecified atom stereocenters. The highest BCUT2D eigenvalue weighted by molar-refractivity contribution is 5.96. The van der Waals surface area contributed by atoms with Gasteiger partial charge >= 0.3 is 0 Å². The van der Waals surface area contributed by atoms with Crippen LogP contribution >= 0.6 is 0 Å². The number of benzene rings is 2. The lowest BCUT2D eigenvalue weighted by molar-refractivity contribution is -0.116. The van der Waals surface area contributed by atoms with Gasteiger partial charge in [-0.05, 0) is 48.7 Å². The number of hydrogen-bond acceptors (Lipinski definition) is 5. The molecule has 5 rings (SSSR count). The maximum Gasteiger partial charge on any atom is 0.246 e. The molecule has 2 aromatic heterocycles. The van der Waals surface area contributed by atoms with Gasteiger partial charge < -0.3 is 10.1 Å². The summed E-state index contributed by atoms with van der Waals surface area (Å²) in [5.74, 6) is -0.129. The molecule has 7 nitrogen and oxygen atoms in total. The SMILES string of the molecule is Cc1cccc(-c2ccnc3c2c(C)nn3CC(=O)Nc2cccc(CN3CCOCC3)c2)c1. The molecule has 3 heterocycles. The van der Waals surface area contributed by atoms with Crippen LogP contribution in [0.5, 0.6) is 0 Å². The van der Waals surface area contributed by atoms with E-state index in [1.54, 1.807) is 10.9 Å². The molecule has 7 heteroatoms. The molecule has 1 N–H and O–H groups in total. The number of morpholine rings is 1. The third-order valence-corrected chi connectivity index (χ3v) is 6.15. The van der Waals surface area contributed by atoms with Crippen molar-refractivity contribution in [3.05, 3.63) is 77.6 Å². The summed E-state index contributed by atoms with van der Waals surface area (Å²) in [6, 6.07) is 18.4. The fourth-order valence-electron chi connectivity index (χ4n) is 4.55. The number of aromatic nitrogens is 3. The van der Waals surface area contributed by atoms with Gasteiger partial charge in [-0.25, -0.2) is 9.67 Å². The lowest BCUT2D eigenvalue weighted by Gasteiger charge is -2.26. The molecule has 0 radical (unpaired) electrons. The molecule has 0 aliphatic carbocycles. The molecule has 2 aromatic carbocycles. The van der Waals surface area contributed by atoms with E-state index in [4.69, 9.17) is 4.74 Å². The Kier molecular flexibility index (Phi) is 6.38. The van der Waals surface area contributed by atoms with Crippen LogP contribution < -0.4 is 5.32 Å². The van der Waals surface area contributed by atoms with Crippen molar-refractivity contribution in [2.24, 2.45) is 0 Å². The number of nitrogens with one attached hydrogen (secondary N) is 1. The third-order valence-electron chi connectivity index (χ3n) is 6.15. The number of fused-ring (bicyclic) bond motifs is 1. The number of anilines is 1. The van der Waals surface area contributed by atoms with Crippen LogP contribution in [0.2, 0.25) is 0 Å². The van der Waals surface area contributed by atoms with Crippen LogP contribution in [0.1, 0.15) is 16.8 Å². The molecule has 0 atom stereocenters. The molecule has 34 heavy (non-hydrogen) atoms. The summed E-state index contributed by atoms with van der Waals surface area (Å²) in [4.78, 5) is 19.8. The molecular formula is C27H29N5O2. The van der Waals surface area contributed by atoms with Crippen molar-refractivity contribution in [2.75, 3.05) is 31.6 Å². The fourth-order valence-corrected chi connectivity index (χ4v) is 4.55. The van der Waals surface area contributed by atoms with Gasteiger partial charge in [0.05, 0.1) is 18.9 Å². The summed E-state index contributed by atoms with van der Waals surface area (Å²) in [6.07, 6.45) is 1.78. The van der Waals surface area contributed by atoms with E-state index in [0.717, 1.165) is 60.7 Å².